The van der Waals surface area contributed by atoms with Crippen molar-refractivity contribution in [1.82, 2.24) is 15.5 Å². The van der Waals surface area contributed by atoms with Crippen molar-refractivity contribution >= 4 is 23.1 Å². The zero-order valence-electron chi connectivity index (χ0n) is 12.6. The van der Waals surface area contributed by atoms with Crippen molar-refractivity contribution in [3.05, 3.63) is 35.3 Å². The maximum atomic E-state index is 5.23. The minimum absolute atomic E-state index is 0.282. The van der Waals surface area contributed by atoms with Gasteiger partial charge in [0.2, 0.25) is 0 Å². The molecule has 2 rings (SSSR count). The van der Waals surface area contributed by atoms with Crippen LogP contribution in [0, 0.1) is 0 Å². The second kappa shape index (κ2) is 8.36. The topological polar surface area (TPSA) is 47.0 Å². The Balaban J connectivity index is 2.11. The monoisotopic (exact) mass is 323 g/mol. The van der Waals surface area contributed by atoms with E-state index in [0.29, 0.717) is 5.25 Å². The number of rotatable bonds is 8. The van der Waals surface area contributed by atoms with Gasteiger partial charge in [-0.05, 0) is 30.7 Å². The van der Waals surface area contributed by atoms with Crippen molar-refractivity contribution in [2.24, 2.45) is 0 Å². The van der Waals surface area contributed by atoms with Crippen LogP contribution < -0.4 is 10.1 Å². The van der Waals surface area contributed by atoms with Crippen molar-refractivity contribution in [3.63, 3.8) is 0 Å². The van der Waals surface area contributed by atoms with Crippen LogP contribution in [0.1, 0.15) is 31.9 Å². The molecule has 6 heteroatoms. The van der Waals surface area contributed by atoms with Gasteiger partial charge in [0, 0.05) is 11.3 Å². The highest BCUT2D eigenvalue weighted by Crippen LogP contribution is 2.33. The van der Waals surface area contributed by atoms with E-state index in [1.165, 1.54) is 5.56 Å². The predicted octanol–water partition coefficient (Wildman–Crippen LogP) is 3.77. The van der Waals surface area contributed by atoms with Gasteiger partial charge in [-0.1, -0.05) is 49.1 Å². The molecule has 1 aromatic heterocycles. The summed E-state index contributed by atoms with van der Waals surface area (Å²) < 4.78 is 6.25. The lowest BCUT2D eigenvalue weighted by Gasteiger charge is -2.24. The summed E-state index contributed by atoms with van der Waals surface area (Å²) >= 11 is 3.35. The van der Waals surface area contributed by atoms with Gasteiger partial charge < -0.3 is 10.1 Å². The summed E-state index contributed by atoms with van der Waals surface area (Å²) in [5.41, 5.74) is 3.05. The zero-order valence-corrected chi connectivity index (χ0v) is 14.2. The molecule has 2 atom stereocenters. The Hall–Kier alpha value is -1.11. The minimum atomic E-state index is 0.282. The molecule has 0 fully saturated rings. The van der Waals surface area contributed by atoms with E-state index in [9.17, 15) is 0 Å². The number of ether oxygens (including phenoxy) is 1. The number of methoxy groups -OCH3 is 1. The highest BCUT2D eigenvalue weighted by atomic mass is 32.2. The van der Waals surface area contributed by atoms with E-state index >= 15 is 0 Å². The van der Waals surface area contributed by atoms with Gasteiger partial charge in [-0.15, -0.1) is 10.2 Å². The standard InChI is InChI=1S/C15H21N3OS2/c1-4-9-16-14(11(2)21-15-18-17-10-20-15)12-5-7-13(19-3)8-6-12/h5-8,10-11,14,16H,4,9H2,1-3H3. The highest BCUT2D eigenvalue weighted by molar-refractivity contribution is 8.01. The molecule has 1 N–H and O–H groups in total. The van der Waals surface area contributed by atoms with Gasteiger partial charge in [-0.25, -0.2) is 0 Å². The van der Waals surface area contributed by atoms with Crippen LogP contribution in [-0.2, 0) is 0 Å². The molecular weight excluding hydrogens is 302 g/mol. The fourth-order valence-corrected chi connectivity index (χ4v) is 3.99. The maximum Gasteiger partial charge on any atom is 0.174 e. The number of nitrogens with zero attached hydrogens (tertiary/aromatic N) is 2. The Bertz CT molecular complexity index is 516. The largest absolute Gasteiger partial charge is 0.497 e. The predicted molar refractivity (Wildman–Crippen MR) is 89.3 cm³/mol. The molecule has 4 nitrogen and oxygen atoms in total. The molecule has 0 aliphatic carbocycles. The zero-order chi connectivity index (χ0) is 15.1. The summed E-state index contributed by atoms with van der Waals surface area (Å²) in [6.45, 7) is 5.40. The number of hydrogen-bond acceptors (Lipinski definition) is 6. The average Bonchev–Trinajstić information content (AvgIpc) is 3.01. The molecule has 0 amide bonds. The van der Waals surface area contributed by atoms with E-state index in [0.717, 1.165) is 23.1 Å². The highest BCUT2D eigenvalue weighted by Gasteiger charge is 2.21. The van der Waals surface area contributed by atoms with Crippen molar-refractivity contribution < 1.29 is 4.74 Å². The van der Waals surface area contributed by atoms with Crippen LogP contribution >= 0.6 is 23.1 Å². The average molecular weight is 323 g/mol. The van der Waals surface area contributed by atoms with Crippen LogP contribution in [0.3, 0.4) is 0 Å². The molecule has 0 aliphatic rings. The van der Waals surface area contributed by atoms with E-state index in [1.807, 2.05) is 12.1 Å². The van der Waals surface area contributed by atoms with Crippen molar-refractivity contribution in [2.45, 2.75) is 35.9 Å². The lowest BCUT2D eigenvalue weighted by atomic mass is 10.0. The first kappa shape index (κ1) is 16.3. The molecular formula is C15H21N3OS2. The normalized spacial score (nSPS) is 13.9. The maximum absolute atomic E-state index is 5.23. The summed E-state index contributed by atoms with van der Waals surface area (Å²) in [5.74, 6) is 0.887. The molecule has 0 aliphatic heterocycles. The fourth-order valence-electron chi connectivity index (χ4n) is 2.11. The second-order valence-corrected chi connectivity index (χ2v) is 7.19. The number of hydrogen-bond donors (Lipinski definition) is 1. The summed E-state index contributed by atoms with van der Waals surface area (Å²) in [4.78, 5) is 0. The molecule has 0 saturated heterocycles. The molecule has 1 aromatic carbocycles. The van der Waals surface area contributed by atoms with Crippen molar-refractivity contribution in [3.8, 4) is 5.75 Å². The molecule has 21 heavy (non-hydrogen) atoms. The van der Waals surface area contributed by atoms with Gasteiger partial charge in [0.15, 0.2) is 4.34 Å². The third-order valence-electron chi connectivity index (χ3n) is 3.19. The van der Waals surface area contributed by atoms with Gasteiger partial charge in [0.1, 0.15) is 11.3 Å². The molecule has 2 aromatic rings. The minimum Gasteiger partial charge on any atom is -0.497 e. The second-order valence-electron chi connectivity index (χ2n) is 4.73. The quantitative estimate of drug-likeness (QED) is 0.749. The Morgan fingerprint density at radius 2 is 2.10 bits per heavy atom. The van der Waals surface area contributed by atoms with E-state index < -0.39 is 0 Å². The van der Waals surface area contributed by atoms with E-state index in [4.69, 9.17) is 4.74 Å². The molecule has 114 valence electrons. The first-order chi connectivity index (χ1) is 10.2. The van der Waals surface area contributed by atoms with Crippen LogP contribution in [0.4, 0.5) is 0 Å². The van der Waals surface area contributed by atoms with Gasteiger partial charge in [0.05, 0.1) is 7.11 Å². The Labute approximate surface area is 134 Å². The third-order valence-corrected chi connectivity index (χ3v) is 5.17. The number of nitrogens with one attached hydrogen (secondary N) is 1. The first-order valence-corrected chi connectivity index (χ1v) is 8.80. The van der Waals surface area contributed by atoms with Gasteiger partial charge >= 0.3 is 0 Å². The summed E-state index contributed by atoms with van der Waals surface area (Å²) in [5, 5.41) is 12.0. The molecule has 0 bridgehead atoms. The molecule has 2 unspecified atom stereocenters. The van der Waals surface area contributed by atoms with Crippen molar-refractivity contribution in [2.75, 3.05) is 13.7 Å². The Kier molecular flexibility index (Phi) is 6.48. The molecule has 1 heterocycles. The first-order valence-electron chi connectivity index (χ1n) is 7.04. The smallest absolute Gasteiger partial charge is 0.174 e. The van der Waals surface area contributed by atoms with Crippen LogP contribution in [0.25, 0.3) is 0 Å². The Morgan fingerprint density at radius 3 is 2.67 bits per heavy atom. The summed E-state index contributed by atoms with van der Waals surface area (Å²) in [6.07, 6.45) is 1.11. The SMILES string of the molecule is CCCNC(c1ccc(OC)cc1)C(C)Sc1nncs1. The van der Waals surface area contributed by atoms with Crippen LogP contribution in [0.5, 0.6) is 5.75 Å². The van der Waals surface area contributed by atoms with E-state index in [2.05, 4.69) is 41.5 Å². The number of benzene rings is 1. The number of thioether (sulfide) groups is 1. The summed E-state index contributed by atoms with van der Waals surface area (Å²) in [7, 11) is 1.69. The third kappa shape index (κ3) is 4.69. The van der Waals surface area contributed by atoms with Crippen LogP contribution in [0.15, 0.2) is 34.1 Å². The van der Waals surface area contributed by atoms with Crippen LogP contribution in [-0.4, -0.2) is 29.1 Å². The van der Waals surface area contributed by atoms with E-state index in [-0.39, 0.29) is 6.04 Å². The van der Waals surface area contributed by atoms with E-state index in [1.54, 1.807) is 35.7 Å². The molecule has 0 spiro atoms. The molecule has 0 radical (unpaired) electrons. The van der Waals surface area contributed by atoms with Gasteiger partial charge in [-0.3, -0.25) is 0 Å². The fraction of sp³-hybridized carbons (Fsp3) is 0.467. The van der Waals surface area contributed by atoms with Crippen LogP contribution in [0.2, 0.25) is 0 Å². The van der Waals surface area contributed by atoms with Crippen molar-refractivity contribution in [1.29, 1.82) is 0 Å². The molecule has 0 saturated carbocycles. The summed E-state index contributed by atoms with van der Waals surface area (Å²) in [6, 6.07) is 8.56. The van der Waals surface area contributed by atoms with Gasteiger partial charge in [0.25, 0.3) is 0 Å². The Morgan fingerprint density at radius 1 is 1.33 bits per heavy atom. The lowest BCUT2D eigenvalue weighted by molar-refractivity contribution is 0.414. The van der Waals surface area contributed by atoms with Gasteiger partial charge in [-0.2, -0.15) is 0 Å². The lowest BCUT2D eigenvalue weighted by Crippen LogP contribution is -2.29. The number of aromatic nitrogens is 2.